The van der Waals surface area contributed by atoms with Gasteiger partial charge in [-0.3, -0.25) is 4.98 Å². The minimum absolute atomic E-state index is 0.00199. The first-order valence-electron chi connectivity index (χ1n) is 5.40. The van der Waals surface area contributed by atoms with Crippen molar-refractivity contribution in [1.82, 2.24) is 9.71 Å². The Hall–Kier alpha value is -1.80. The zero-order valence-electron chi connectivity index (χ0n) is 9.26. The number of oxazole rings is 1. The van der Waals surface area contributed by atoms with E-state index in [0.29, 0.717) is 5.52 Å². The van der Waals surface area contributed by atoms with Gasteiger partial charge >= 0.3 is 5.76 Å². The van der Waals surface area contributed by atoms with E-state index in [1.54, 1.807) is 0 Å². The second kappa shape index (κ2) is 3.59. The van der Waals surface area contributed by atoms with Gasteiger partial charge in [0.2, 0.25) is 10.0 Å². The Morgan fingerprint density at radius 2 is 2.11 bits per heavy atom. The fourth-order valence-corrected chi connectivity index (χ4v) is 3.05. The van der Waals surface area contributed by atoms with E-state index >= 15 is 0 Å². The summed E-state index contributed by atoms with van der Waals surface area (Å²) >= 11 is 0. The fourth-order valence-electron chi connectivity index (χ4n) is 1.70. The van der Waals surface area contributed by atoms with Crippen LogP contribution in [-0.4, -0.2) is 19.4 Å². The second-order valence-corrected chi connectivity index (χ2v) is 6.01. The van der Waals surface area contributed by atoms with Crippen molar-refractivity contribution in [3.8, 4) is 0 Å². The molecule has 18 heavy (non-hydrogen) atoms. The summed E-state index contributed by atoms with van der Waals surface area (Å²) in [5.74, 6) is -0.665. The van der Waals surface area contributed by atoms with Gasteiger partial charge in [0.15, 0.2) is 5.58 Å². The number of nitrogen functional groups attached to an aromatic ring is 1. The normalized spacial score (nSPS) is 16.2. The maximum absolute atomic E-state index is 12.0. The third-order valence-electron chi connectivity index (χ3n) is 2.75. The smallest absolute Gasteiger partial charge is 0.408 e. The van der Waals surface area contributed by atoms with E-state index in [1.807, 2.05) is 0 Å². The number of anilines is 1. The number of H-pyrrole nitrogens is 1. The molecule has 0 radical (unpaired) electrons. The third kappa shape index (κ3) is 1.89. The number of fused-ring (bicyclic) bond motifs is 1. The lowest BCUT2D eigenvalue weighted by atomic mass is 10.3. The number of nitrogens with one attached hydrogen (secondary N) is 2. The molecule has 1 aliphatic rings. The minimum atomic E-state index is -3.61. The predicted octanol–water partition coefficient (Wildman–Crippen LogP) is 0.144. The molecule has 1 heterocycles. The molecule has 0 atom stereocenters. The first kappa shape index (κ1) is 11.3. The van der Waals surface area contributed by atoms with E-state index in [2.05, 4.69) is 9.71 Å². The zero-order valence-corrected chi connectivity index (χ0v) is 10.1. The van der Waals surface area contributed by atoms with E-state index in [4.69, 9.17) is 10.2 Å². The minimum Gasteiger partial charge on any atom is -0.408 e. The van der Waals surface area contributed by atoms with Crippen LogP contribution in [0.25, 0.3) is 11.1 Å². The summed E-state index contributed by atoms with van der Waals surface area (Å²) in [4.78, 5) is 13.4. The molecule has 0 saturated heterocycles. The summed E-state index contributed by atoms with van der Waals surface area (Å²) in [5, 5.41) is 0. The Labute approximate surface area is 102 Å². The van der Waals surface area contributed by atoms with Crippen LogP contribution in [-0.2, 0) is 10.0 Å². The van der Waals surface area contributed by atoms with Gasteiger partial charge < -0.3 is 10.2 Å². The van der Waals surface area contributed by atoms with Gasteiger partial charge in [0, 0.05) is 12.1 Å². The van der Waals surface area contributed by atoms with E-state index in [9.17, 15) is 13.2 Å². The number of sulfonamides is 1. The molecule has 0 unspecified atom stereocenters. The monoisotopic (exact) mass is 269 g/mol. The van der Waals surface area contributed by atoms with Crippen LogP contribution in [0, 0.1) is 0 Å². The standard InChI is InChI=1S/C10H11N3O4S/c11-7-3-6(18(15,16)13-5-1-2-5)4-8-9(7)12-10(14)17-8/h3-5,13H,1-2,11H2,(H,12,14). The molecule has 1 aromatic carbocycles. The van der Waals surface area contributed by atoms with Crippen molar-refractivity contribution in [3.05, 3.63) is 22.7 Å². The lowest BCUT2D eigenvalue weighted by Gasteiger charge is -2.06. The highest BCUT2D eigenvalue weighted by molar-refractivity contribution is 7.89. The van der Waals surface area contributed by atoms with Crippen LogP contribution in [0.1, 0.15) is 12.8 Å². The maximum atomic E-state index is 12.0. The first-order valence-corrected chi connectivity index (χ1v) is 6.89. The Morgan fingerprint density at radius 3 is 2.78 bits per heavy atom. The molecular weight excluding hydrogens is 258 g/mol. The molecule has 1 aromatic heterocycles. The molecule has 2 aromatic rings. The Bertz CT molecular complexity index is 770. The predicted molar refractivity (Wildman–Crippen MR) is 64.6 cm³/mol. The summed E-state index contributed by atoms with van der Waals surface area (Å²) in [6.45, 7) is 0. The van der Waals surface area contributed by atoms with Gasteiger partial charge in [0.1, 0.15) is 5.52 Å². The average molecular weight is 269 g/mol. The zero-order chi connectivity index (χ0) is 12.9. The lowest BCUT2D eigenvalue weighted by Crippen LogP contribution is -2.25. The Balaban J connectivity index is 2.14. The molecule has 0 spiro atoms. The van der Waals surface area contributed by atoms with Crippen LogP contribution in [0.15, 0.2) is 26.2 Å². The van der Waals surface area contributed by atoms with Gasteiger partial charge in [-0.25, -0.2) is 17.9 Å². The highest BCUT2D eigenvalue weighted by atomic mass is 32.2. The van der Waals surface area contributed by atoms with E-state index in [1.165, 1.54) is 12.1 Å². The first-order chi connectivity index (χ1) is 8.45. The number of aromatic amines is 1. The molecule has 0 amide bonds. The van der Waals surface area contributed by atoms with Gasteiger partial charge in [-0.15, -0.1) is 0 Å². The van der Waals surface area contributed by atoms with Crippen molar-refractivity contribution in [2.24, 2.45) is 0 Å². The largest absolute Gasteiger partial charge is 0.417 e. The van der Waals surface area contributed by atoms with Crippen LogP contribution in [0.2, 0.25) is 0 Å². The number of rotatable bonds is 3. The lowest BCUT2D eigenvalue weighted by molar-refractivity contribution is 0.553. The van der Waals surface area contributed by atoms with Crippen molar-refractivity contribution in [3.63, 3.8) is 0 Å². The van der Waals surface area contributed by atoms with E-state index in [-0.39, 0.29) is 22.2 Å². The second-order valence-electron chi connectivity index (χ2n) is 4.30. The summed E-state index contributed by atoms with van der Waals surface area (Å²) in [7, 11) is -3.61. The average Bonchev–Trinajstić information content (AvgIpc) is 2.97. The van der Waals surface area contributed by atoms with Crippen LogP contribution < -0.4 is 16.2 Å². The highest BCUT2D eigenvalue weighted by Gasteiger charge is 2.28. The Kier molecular flexibility index (Phi) is 2.26. The van der Waals surface area contributed by atoms with Crippen LogP contribution >= 0.6 is 0 Å². The molecule has 1 fully saturated rings. The van der Waals surface area contributed by atoms with Gasteiger partial charge in [-0.1, -0.05) is 0 Å². The number of nitrogens with two attached hydrogens (primary N) is 1. The summed E-state index contributed by atoms with van der Waals surface area (Å²) < 4.78 is 31.3. The summed E-state index contributed by atoms with van der Waals surface area (Å²) in [6, 6.07) is 2.59. The number of aromatic nitrogens is 1. The molecule has 7 nitrogen and oxygen atoms in total. The van der Waals surface area contributed by atoms with Crippen molar-refractivity contribution in [1.29, 1.82) is 0 Å². The fraction of sp³-hybridized carbons (Fsp3) is 0.300. The number of hydrogen-bond acceptors (Lipinski definition) is 5. The summed E-state index contributed by atoms with van der Waals surface area (Å²) in [5.41, 5.74) is 6.30. The molecule has 1 saturated carbocycles. The third-order valence-corrected chi connectivity index (χ3v) is 4.25. The van der Waals surface area contributed by atoms with Gasteiger partial charge in [-0.2, -0.15) is 0 Å². The van der Waals surface area contributed by atoms with Crippen molar-refractivity contribution in [2.45, 2.75) is 23.8 Å². The van der Waals surface area contributed by atoms with Crippen LogP contribution in [0.3, 0.4) is 0 Å². The molecule has 0 bridgehead atoms. The topological polar surface area (TPSA) is 118 Å². The van der Waals surface area contributed by atoms with Crippen molar-refractivity contribution < 1.29 is 12.8 Å². The van der Waals surface area contributed by atoms with Crippen LogP contribution in [0.4, 0.5) is 5.69 Å². The SMILES string of the molecule is Nc1cc(S(=O)(=O)NC2CC2)cc2oc(=O)[nH]c12. The van der Waals surface area contributed by atoms with E-state index in [0.717, 1.165) is 12.8 Å². The molecule has 1 aliphatic carbocycles. The van der Waals surface area contributed by atoms with E-state index < -0.39 is 15.8 Å². The molecular formula is C10H11N3O4S. The molecule has 4 N–H and O–H groups in total. The van der Waals surface area contributed by atoms with Crippen LogP contribution in [0.5, 0.6) is 0 Å². The van der Waals surface area contributed by atoms with Crippen molar-refractivity contribution in [2.75, 3.05) is 5.73 Å². The van der Waals surface area contributed by atoms with Gasteiger partial charge in [-0.05, 0) is 18.9 Å². The number of benzene rings is 1. The van der Waals surface area contributed by atoms with Crippen molar-refractivity contribution >= 4 is 26.8 Å². The molecule has 0 aliphatic heterocycles. The maximum Gasteiger partial charge on any atom is 0.417 e. The highest BCUT2D eigenvalue weighted by Crippen LogP contribution is 2.26. The molecule has 3 rings (SSSR count). The molecule has 96 valence electrons. The molecule has 8 heteroatoms. The summed E-state index contributed by atoms with van der Waals surface area (Å²) in [6.07, 6.45) is 1.69. The van der Waals surface area contributed by atoms with Gasteiger partial charge in [0.05, 0.1) is 10.6 Å². The van der Waals surface area contributed by atoms with Gasteiger partial charge in [0.25, 0.3) is 0 Å². The number of hydrogen-bond donors (Lipinski definition) is 3. The quantitative estimate of drug-likeness (QED) is 0.685. The Morgan fingerprint density at radius 1 is 1.39 bits per heavy atom.